The Morgan fingerprint density at radius 2 is 2.29 bits per heavy atom. The van der Waals surface area contributed by atoms with E-state index < -0.39 is 0 Å². The molecule has 1 saturated heterocycles. The summed E-state index contributed by atoms with van der Waals surface area (Å²) >= 11 is 5.91. The number of carbonyl (C=O) groups excluding carboxylic acids is 1. The van der Waals surface area contributed by atoms with Crippen LogP contribution in [0.5, 0.6) is 0 Å². The molecule has 0 spiro atoms. The van der Waals surface area contributed by atoms with Crippen LogP contribution in [0.1, 0.15) is 12.5 Å². The second kappa shape index (κ2) is 5.15. The van der Waals surface area contributed by atoms with E-state index in [1.165, 1.54) is 12.1 Å². The monoisotopic (exact) mass is 255 g/mol. The molecule has 2 unspecified atom stereocenters. The fraction of sp³-hybridized carbons (Fsp3) is 0.462. The summed E-state index contributed by atoms with van der Waals surface area (Å²) in [7, 11) is 0. The second-order valence-electron chi connectivity index (χ2n) is 4.62. The van der Waals surface area contributed by atoms with E-state index in [1.54, 1.807) is 6.07 Å². The number of halogens is 2. The van der Waals surface area contributed by atoms with Crippen molar-refractivity contribution in [3.8, 4) is 0 Å². The van der Waals surface area contributed by atoms with Crippen LogP contribution in [0.4, 0.5) is 4.39 Å². The predicted octanol–water partition coefficient (Wildman–Crippen LogP) is 2.45. The van der Waals surface area contributed by atoms with E-state index in [9.17, 15) is 9.18 Å². The van der Waals surface area contributed by atoms with Crippen molar-refractivity contribution >= 4 is 17.4 Å². The van der Waals surface area contributed by atoms with Crippen molar-refractivity contribution in [2.75, 3.05) is 13.1 Å². The molecule has 1 fully saturated rings. The number of Topliss-reactive ketones (excluding diaryl/α,β-unsaturated/α-hetero) is 1. The van der Waals surface area contributed by atoms with E-state index in [0.29, 0.717) is 16.5 Å². The maximum Gasteiger partial charge on any atom is 0.141 e. The first-order chi connectivity index (χ1) is 8.08. The van der Waals surface area contributed by atoms with Crippen molar-refractivity contribution < 1.29 is 9.18 Å². The topological polar surface area (TPSA) is 29.1 Å². The summed E-state index contributed by atoms with van der Waals surface area (Å²) < 4.78 is 12.9. The Kier molecular flexibility index (Phi) is 3.79. The lowest BCUT2D eigenvalue weighted by Crippen LogP contribution is -2.23. The molecule has 1 aromatic rings. The third-order valence-corrected chi connectivity index (χ3v) is 3.66. The second-order valence-corrected chi connectivity index (χ2v) is 5.03. The SMILES string of the molecule is CC1CNCC1C(=O)Cc1ccc(F)cc1Cl. The maximum absolute atomic E-state index is 12.9. The lowest BCUT2D eigenvalue weighted by Gasteiger charge is -2.13. The zero-order chi connectivity index (χ0) is 12.4. The molecule has 1 N–H and O–H groups in total. The van der Waals surface area contributed by atoms with Gasteiger partial charge in [0.25, 0.3) is 0 Å². The molecule has 2 rings (SSSR count). The molecule has 2 nitrogen and oxygen atoms in total. The van der Waals surface area contributed by atoms with Gasteiger partial charge in [0.05, 0.1) is 0 Å². The summed E-state index contributed by atoms with van der Waals surface area (Å²) in [5.41, 5.74) is 0.706. The average Bonchev–Trinajstić information content (AvgIpc) is 2.68. The summed E-state index contributed by atoms with van der Waals surface area (Å²) in [5, 5.41) is 3.53. The Bertz CT molecular complexity index is 435. The Balaban J connectivity index is 2.07. The molecule has 1 aromatic carbocycles. The van der Waals surface area contributed by atoms with E-state index in [4.69, 9.17) is 11.6 Å². The highest BCUT2D eigenvalue weighted by molar-refractivity contribution is 6.31. The van der Waals surface area contributed by atoms with Crippen molar-refractivity contribution in [2.24, 2.45) is 11.8 Å². The first-order valence-corrected chi connectivity index (χ1v) is 6.13. The molecule has 0 aromatic heterocycles. The fourth-order valence-corrected chi connectivity index (χ4v) is 2.46. The van der Waals surface area contributed by atoms with Crippen molar-refractivity contribution in [1.29, 1.82) is 0 Å². The molecular formula is C13H15ClFNO. The summed E-state index contributed by atoms with van der Waals surface area (Å²) in [4.78, 5) is 12.1. The van der Waals surface area contributed by atoms with Gasteiger partial charge in [-0.1, -0.05) is 24.6 Å². The van der Waals surface area contributed by atoms with Gasteiger partial charge in [0, 0.05) is 23.9 Å². The number of hydrogen-bond donors (Lipinski definition) is 1. The molecule has 2 atom stereocenters. The molecule has 92 valence electrons. The largest absolute Gasteiger partial charge is 0.316 e. The molecule has 0 radical (unpaired) electrons. The highest BCUT2D eigenvalue weighted by Crippen LogP contribution is 2.22. The van der Waals surface area contributed by atoms with Crippen LogP contribution in [0.2, 0.25) is 5.02 Å². The molecule has 1 aliphatic heterocycles. The number of rotatable bonds is 3. The van der Waals surface area contributed by atoms with Gasteiger partial charge in [-0.15, -0.1) is 0 Å². The van der Waals surface area contributed by atoms with Gasteiger partial charge in [0.2, 0.25) is 0 Å². The average molecular weight is 256 g/mol. The Morgan fingerprint density at radius 1 is 1.53 bits per heavy atom. The lowest BCUT2D eigenvalue weighted by atomic mass is 9.90. The van der Waals surface area contributed by atoms with E-state index >= 15 is 0 Å². The highest BCUT2D eigenvalue weighted by atomic mass is 35.5. The smallest absolute Gasteiger partial charge is 0.141 e. The number of benzene rings is 1. The number of ketones is 1. The summed E-state index contributed by atoms with van der Waals surface area (Å²) in [5.74, 6) is 0.218. The highest BCUT2D eigenvalue weighted by Gasteiger charge is 2.29. The van der Waals surface area contributed by atoms with E-state index in [0.717, 1.165) is 13.1 Å². The minimum absolute atomic E-state index is 0.0520. The van der Waals surface area contributed by atoms with Gasteiger partial charge in [0.1, 0.15) is 11.6 Å². The van der Waals surface area contributed by atoms with E-state index in [1.807, 2.05) is 0 Å². The summed E-state index contributed by atoms with van der Waals surface area (Å²) in [6.45, 7) is 3.68. The van der Waals surface area contributed by atoms with Gasteiger partial charge in [-0.25, -0.2) is 4.39 Å². The predicted molar refractivity (Wildman–Crippen MR) is 65.6 cm³/mol. The fourth-order valence-electron chi connectivity index (χ4n) is 2.22. The van der Waals surface area contributed by atoms with E-state index in [2.05, 4.69) is 12.2 Å². The summed E-state index contributed by atoms with van der Waals surface area (Å²) in [6, 6.07) is 4.17. The minimum atomic E-state index is -0.373. The van der Waals surface area contributed by atoms with Gasteiger partial charge in [-0.3, -0.25) is 4.79 Å². The van der Waals surface area contributed by atoms with Crippen LogP contribution >= 0.6 is 11.6 Å². The van der Waals surface area contributed by atoms with Gasteiger partial charge >= 0.3 is 0 Å². The zero-order valence-electron chi connectivity index (χ0n) is 9.67. The number of nitrogens with one attached hydrogen (secondary N) is 1. The minimum Gasteiger partial charge on any atom is -0.316 e. The third kappa shape index (κ3) is 2.85. The van der Waals surface area contributed by atoms with Crippen LogP contribution in [0.25, 0.3) is 0 Å². The normalized spacial score (nSPS) is 23.9. The molecule has 1 aliphatic rings. The number of hydrogen-bond acceptors (Lipinski definition) is 2. The molecule has 0 bridgehead atoms. The van der Waals surface area contributed by atoms with Crippen LogP contribution in [-0.4, -0.2) is 18.9 Å². The maximum atomic E-state index is 12.9. The van der Waals surface area contributed by atoms with Gasteiger partial charge in [-0.2, -0.15) is 0 Å². The van der Waals surface area contributed by atoms with Crippen molar-refractivity contribution in [2.45, 2.75) is 13.3 Å². The Morgan fingerprint density at radius 3 is 2.88 bits per heavy atom. The first-order valence-electron chi connectivity index (χ1n) is 5.75. The molecule has 0 amide bonds. The Hall–Kier alpha value is -0.930. The van der Waals surface area contributed by atoms with E-state index in [-0.39, 0.29) is 23.9 Å². The van der Waals surface area contributed by atoms with Crippen LogP contribution in [0.3, 0.4) is 0 Å². The Labute approximate surface area is 105 Å². The van der Waals surface area contributed by atoms with Crippen molar-refractivity contribution in [1.82, 2.24) is 5.32 Å². The van der Waals surface area contributed by atoms with Crippen molar-refractivity contribution in [3.05, 3.63) is 34.6 Å². The van der Waals surface area contributed by atoms with Crippen LogP contribution in [-0.2, 0) is 11.2 Å². The standard InChI is InChI=1S/C13H15ClFNO/c1-8-6-16-7-11(8)13(17)4-9-2-3-10(15)5-12(9)14/h2-3,5,8,11,16H,4,6-7H2,1H3. The third-order valence-electron chi connectivity index (χ3n) is 3.31. The van der Waals surface area contributed by atoms with Crippen LogP contribution in [0.15, 0.2) is 18.2 Å². The summed E-state index contributed by atoms with van der Waals surface area (Å²) in [6.07, 6.45) is 0.287. The molecular weight excluding hydrogens is 241 g/mol. The molecule has 0 saturated carbocycles. The van der Waals surface area contributed by atoms with Crippen LogP contribution < -0.4 is 5.32 Å². The quantitative estimate of drug-likeness (QED) is 0.899. The van der Waals surface area contributed by atoms with Crippen LogP contribution in [0, 0.1) is 17.7 Å². The molecule has 1 heterocycles. The van der Waals surface area contributed by atoms with Gasteiger partial charge < -0.3 is 5.32 Å². The first kappa shape index (κ1) is 12.5. The number of carbonyl (C=O) groups is 1. The zero-order valence-corrected chi connectivity index (χ0v) is 10.4. The van der Waals surface area contributed by atoms with Crippen molar-refractivity contribution in [3.63, 3.8) is 0 Å². The molecule has 0 aliphatic carbocycles. The van der Waals surface area contributed by atoms with Gasteiger partial charge in [0.15, 0.2) is 0 Å². The lowest BCUT2D eigenvalue weighted by molar-refractivity contribution is -0.122. The molecule has 4 heteroatoms. The molecule has 17 heavy (non-hydrogen) atoms. The van der Waals surface area contributed by atoms with Gasteiger partial charge in [-0.05, 0) is 30.2 Å².